The van der Waals surface area contributed by atoms with E-state index in [2.05, 4.69) is 16.4 Å². The lowest BCUT2D eigenvalue weighted by molar-refractivity contribution is 0.0949. The minimum Gasteiger partial charge on any atom is -0.494 e. The Hall–Kier alpha value is -3.72. The van der Waals surface area contributed by atoms with E-state index in [4.69, 9.17) is 9.47 Å². The van der Waals surface area contributed by atoms with Crippen molar-refractivity contribution in [2.24, 2.45) is 0 Å². The maximum absolute atomic E-state index is 12.9. The average molecular weight is 533 g/mol. The Labute approximate surface area is 226 Å². The second kappa shape index (κ2) is 13.2. The molecule has 0 spiro atoms. The number of carbonyl (C=O) groups is 1. The van der Waals surface area contributed by atoms with Crippen molar-refractivity contribution in [2.45, 2.75) is 40.0 Å². The zero-order valence-electron chi connectivity index (χ0n) is 21.6. The van der Waals surface area contributed by atoms with Gasteiger partial charge in [-0.25, -0.2) is 0 Å². The van der Waals surface area contributed by atoms with Crippen LogP contribution in [0.1, 0.15) is 51.3 Å². The first-order valence-corrected chi connectivity index (χ1v) is 13.4. The number of aromatic amines is 1. The summed E-state index contributed by atoms with van der Waals surface area (Å²) >= 11 is 1.02. The maximum Gasteiger partial charge on any atom is 0.307 e. The predicted octanol–water partition coefficient (Wildman–Crippen LogP) is 5.40. The third kappa shape index (κ3) is 7.19. The number of benzene rings is 3. The number of hydrogen-bond acceptors (Lipinski definition) is 6. The van der Waals surface area contributed by atoms with Crippen LogP contribution >= 0.6 is 11.3 Å². The predicted molar refractivity (Wildman–Crippen MR) is 150 cm³/mol. The summed E-state index contributed by atoms with van der Waals surface area (Å²) in [6.07, 6.45) is 0.487. The number of amides is 1. The van der Waals surface area contributed by atoms with Gasteiger partial charge in [0.15, 0.2) is 0 Å². The number of carbonyl (C=O) groups excluding carboxylic acids is 1. The third-order valence-electron chi connectivity index (χ3n) is 6.12. The van der Waals surface area contributed by atoms with E-state index in [1.807, 2.05) is 74.5 Å². The highest BCUT2D eigenvalue weighted by molar-refractivity contribution is 7.09. The molecule has 8 heteroatoms. The van der Waals surface area contributed by atoms with Crippen LogP contribution in [0.4, 0.5) is 0 Å². The molecule has 198 valence electrons. The molecule has 0 aliphatic heterocycles. The lowest BCUT2D eigenvalue weighted by atomic mass is 10.0. The van der Waals surface area contributed by atoms with Gasteiger partial charge in [-0.2, -0.15) is 0 Å². The van der Waals surface area contributed by atoms with Crippen molar-refractivity contribution in [1.82, 2.24) is 10.3 Å². The van der Waals surface area contributed by atoms with Gasteiger partial charge >= 0.3 is 4.87 Å². The van der Waals surface area contributed by atoms with Crippen LogP contribution in [-0.2, 0) is 35.7 Å². The summed E-state index contributed by atoms with van der Waals surface area (Å²) in [6.45, 7) is 6.46. The van der Waals surface area contributed by atoms with Gasteiger partial charge in [0.05, 0.1) is 18.1 Å². The maximum atomic E-state index is 12.9. The van der Waals surface area contributed by atoms with E-state index in [0.29, 0.717) is 49.8 Å². The summed E-state index contributed by atoms with van der Waals surface area (Å²) in [5.74, 6) is -0.207. The summed E-state index contributed by atoms with van der Waals surface area (Å²) in [4.78, 5) is 27.1. The molecule has 1 heterocycles. The van der Waals surface area contributed by atoms with Crippen LogP contribution < -0.4 is 10.2 Å². The van der Waals surface area contributed by atoms with Crippen molar-refractivity contribution < 1.29 is 19.4 Å². The minimum absolute atomic E-state index is 0.0641. The first-order valence-electron chi connectivity index (χ1n) is 12.6. The Balaban J connectivity index is 1.40. The number of rotatable bonds is 12. The molecular weight excluding hydrogens is 500 g/mol. The SMILES string of the molecule is CCOCc1ccc(C(=O)NCc2cccc(-c3ccc(Cc4sc(=O)[nH]c4O)cc3)c2)cc1COCC. The highest BCUT2D eigenvalue weighted by Gasteiger charge is 2.11. The van der Waals surface area contributed by atoms with Crippen LogP contribution in [0.5, 0.6) is 5.88 Å². The van der Waals surface area contributed by atoms with Crippen LogP contribution in [-0.4, -0.2) is 29.2 Å². The van der Waals surface area contributed by atoms with E-state index < -0.39 is 0 Å². The number of aromatic nitrogens is 1. The fourth-order valence-electron chi connectivity index (χ4n) is 4.08. The van der Waals surface area contributed by atoms with E-state index in [1.54, 1.807) is 0 Å². The summed E-state index contributed by atoms with van der Waals surface area (Å²) < 4.78 is 11.1. The fraction of sp³-hybridized carbons (Fsp3) is 0.267. The molecule has 0 saturated carbocycles. The summed E-state index contributed by atoms with van der Waals surface area (Å²) in [7, 11) is 0. The van der Waals surface area contributed by atoms with Gasteiger partial charge in [0.1, 0.15) is 0 Å². The van der Waals surface area contributed by atoms with Crippen LogP contribution in [0.2, 0.25) is 0 Å². The molecule has 0 saturated heterocycles. The fourth-order valence-corrected chi connectivity index (χ4v) is 4.84. The molecule has 0 aliphatic carbocycles. The molecule has 1 aromatic heterocycles. The van der Waals surface area contributed by atoms with Crippen LogP contribution in [0.15, 0.2) is 71.5 Å². The Bertz CT molecular complexity index is 1430. The lowest BCUT2D eigenvalue weighted by Crippen LogP contribution is -2.23. The molecule has 0 radical (unpaired) electrons. The molecule has 7 nitrogen and oxygen atoms in total. The van der Waals surface area contributed by atoms with Crippen LogP contribution in [0.25, 0.3) is 11.1 Å². The van der Waals surface area contributed by atoms with E-state index in [9.17, 15) is 14.7 Å². The van der Waals surface area contributed by atoms with Gasteiger partial charge in [-0.15, -0.1) is 0 Å². The molecule has 0 bridgehead atoms. The van der Waals surface area contributed by atoms with Crippen molar-refractivity contribution >= 4 is 17.2 Å². The van der Waals surface area contributed by atoms with Gasteiger partial charge in [-0.1, -0.05) is 59.9 Å². The van der Waals surface area contributed by atoms with Gasteiger partial charge in [0, 0.05) is 31.7 Å². The molecular formula is C30H32N2O5S. The minimum atomic E-state index is -0.262. The van der Waals surface area contributed by atoms with Gasteiger partial charge in [0.25, 0.3) is 5.91 Å². The molecule has 3 aromatic carbocycles. The second-order valence-corrected chi connectivity index (χ2v) is 9.87. The molecule has 1 amide bonds. The summed E-state index contributed by atoms with van der Waals surface area (Å²) in [5, 5.41) is 12.8. The largest absolute Gasteiger partial charge is 0.494 e. The topological polar surface area (TPSA) is 101 Å². The van der Waals surface area contributed by atoms with Crippen molar-refractivity contribution in [1.29, 1.82) is 0 Å². The zero-order chi connectivity index (χ0) is 26.9. The van der Waals surface area contributed by atoms with Gasteiger partial charge in [-0.05, 0) is 65.4 Å². The Kier molecular flexibility index (Phi) is 9.48. The monoisotopic (exact) mass is 532 g/mol. The quantitative estimate of drug-likeness (QED) is 0.227. The van der Waals surface area contributed by atoms with Crippen LogP contribution in [0, 0.1) is 0 Å². The average Bonchev–Trinajstić information content (AvgIpc) is 3.26. The molecule has 0 atom stereocenters. The van der Waals surface area contributed by atoms with Crippen molar-refractivity contribution in [3.8, 4) is 17.0 Å². The lowest BCUT2D eigenvalue weighted by Gasteiger charge is -2.13. The molecule has 4 rings (SSSR count). The molecule has 38 heavy (non-hydrogen) atoms. The van der Waals surface area contributed by atoms with Crippen molar-refractivity contribution in [3.63, 3.8) is 0 Å². The third-order valence-corrected chi connectivity index (χ3v) is 7.00. The highest BCUT2D eigenvalue weighted by Crippen LogP contribution is 2.24. The smallest absolute Gasteiger partial charge is 0.307 e. The number of aromatic hydroxyl groups is 1. The van der Waals surface area contributed by atoms with Gasteiger partial charge in [0.2, 0.25) is 5.88 Å². The van der Waals surface area contributed by atoms with Crippen molar-refractivity contribution in [2.75, 3.05) is 13.2 Å². The molecule has 0 unspecified atom stereocenters. The standard InChI is InChI=1S/C30H32N2O5S/c1-3-36-18-25-13-12-24(16-26(25)19-37-4-2)28(33)31-17-21-6-5-7-23(14-21)22-10-8-20(9-11-22)15-27-29(34)32-30(35)38-27/h5-14,16,34H,3-4,15,17-19H2,1-2H3,(H,31,33)(H,32,35). The Morgan fingerprint density at radius 1 is 0.895 bits per heavy atom. The summed E-state index contributed by atoms with van der Waals surface area (Å²) in [5.41, 5.74) is 6.64. The molecule has 0 fully saturated rings. The van der Waals surface area contributed by atoms with Gasteiger partial charge < -0.3 is 19.9 Å². The summed E-state index contributed by atoms with van der Waals surface area (Å²) in [6, 6.07) is 21.7. The van der Waals surface area contributed by atoms with E-state index in [-0.39, 0.29) is 16.7 Å². The number of nitrogens with one attached hydrogen (secondary N) is 2. The number of ether oxygens (including phenoxy) is 2. The highest BCUT2D eigenvalue weighted by atomic mass is 32.1. The number of hydrogen-bond donors (Lipinski definition) is 3. The van der Waals surface area contributed by atoms with E-state index in [1.165, 1.54) is 0 Å². The molecule has 3 N–H and O–H groups in total. The first-order chi connectivity index (χ1) is 18.5. The number of thiazole rings is 1. The Morgan fingerprint density at radius 3 is 2.32 bits per heavy atom. The zero-order valence-corrected chi connectivity index (χ0v) is 22.4. The van der Waals surface area contributed by atoms with Crippen molar-refractivity contribution in [3.05, 3.63) is 109 Å². The number of H-pyrrole nitrogens is 1. The Morgan fingerprint density at radius 2 is 1.63 bits per heavy atom. The van der Waals surface area contributed by atoms with Gasteiger partial charge in [-0.3, -0.25) is 14.6 Å². The molecule has 4 aromatic rings. The second-order valence-electron chi connectivity index (χ2n) is 8.80. The first kappa shape index (κ1) is 27.3. The van der Waals surface area contributed by atoms with Crippen LogP contribution in [0.3, 0.4) is 0 Å². The van der Waals surface area contributed by atoms with E-state index in [0.717, 1.165) is 44.7 Å². The normalized spacial score (nSPS) is 11.0. The molecule has 0 aliphatic rings. The van der Waals surface area contributed by atoms with E-state index >= 15 is 0 Å².